The summed E-state index contributed by atoms with van der Waals surface area (Å²) in [5.74, 6) is 1.35. The molecule has 1 amide bonds. The van der Waals surface area contributed by atoms with E-state index in [0.29, 0.717) is 25.2 Å². The zero-order valence-corrected chi connectivity index (χ0v) is 17.1. The van der Waals surface area contributed by atoms with Crippen LogP contribution in [0.25, 0.3) is 0 Å². The molecule has 4 heterocycles. The lowest BCUT2D eigenvalue weighted by atomic mass is 9.92. The lowest BCUT2D eigenvalue weighted by Gasteiger charge is -2.43. The van der Waals surface area contributed by atoms with Gasteiger partial charge in [-0.25, -0.2) is 9.97 Å². The first kappa shape index (κ1) is 19.7. The number of likely N-dealkylation sites (tertiary alicyclic amines) is 2. The minimum atomic E-state index is 0.176. The number of carbonyl (C=O) groups is 1. The summed E-state index contributed by atoms with van der Waals surface area (Å²) in [5.41, 5.74) is 1.19. The molecule has 28 heavy (non-hydrogen) atoms. The maximum absolute atomic E-state index is 12.9. The molecule has 0 radical (unpaired) electrons. The van der Waals surface area contributed by atoms with Gasteiger partial charge in [-0.05, 0) is 52.2 Å². The third-order valence-electron chi connectivity index (χ3n) is 6.44. The van der Waals surface area contributed by atoms with Crippen molar-refractivity contribution in [3.63, 3.8) is 0 Å². The van der Waals surface area contributed by atoms with Crippen LogP contribution in [0.15, 0.2) is 12.4 Å². The van der Waals surface area contributed by atoms with Crippen molar-refractivity contribution >= 4 is 5.91 Å². The fourth-order valence-corrected chi connectivity index (χ4v) is 4.78. The Labute approximate surface area is 168 Å². The summed E-state index contributed by atoms with van der Waals surface area (Å²) in [7, 11) is 0. The fourth-order valence-electron chi connectivity index (χ4n) is 4.78. The molecule has 1 atom stereocenters. The molecule has 1 aromatic rings. The predicted molar refractivity (Wildman–Crippen MR) is 107 cm³/mol. The molecule has 0 bridgehead atoms. The first-order valence-corrected chi connectivity index (χ1v) is 10.8. The van der Waals surface area contributed by atoms with Crippen molar-refractivity contribution in [3.05, 3.63) is 23.8 Å². The van der Waals surface area contributed by atoms with Crippen LogP contribution in [0.4, 0.5) is 0 Å². The first-order chi connectivity index (χ1) is 13.7. The molecule has 3 fully saturated rings. The molecule has 7 heteroatoms. The monoisotopic (exact) mass is 387 g/mol. The molecule has 0 unspecified atom stereocenters. The van der Waals surface area contributed by atoms with Crippen molar-refractivity contribution < 1.29 is 9.53 Å². The molecule has 4 rings (SSSR count). The van der Waals surface area contributed by atoms with Gasteiger partial charge in [-0.15, -0.1) is 0 Å². The van der Waals surface area contributed by atoms with Gasteiger partial charge in [0.25, 0.3) is 0 Å². The maximum atomic E-state index is 12.9. The van der Waals surface area contributed by atoms with E-state index < -0.39 is 0 Å². The number of hydrogen-bond donors (Lipinski definition) is 0. The molecule has 7 nitrogen and oxygen atoms in total. The Morgan fingerprint density at radius 1 is 1.07 bits per heavy atom. The Bertz CT molecular complexity index is 639. The highest BCUT2D eigenvalue weighted by molar-refractivity contribution is 5.79. The zero-order chi connectivity index (χ0) is 19.3. The summed E-state index contributed by atoms with van der Waals surface area (Å²) in [6.45, 7) is 10.0. The quantitative estimate of drug-likeness (QED) is 0.777. The SMILES string of the molecule is Cc1ncc(CN2CCC(N3CCC[C@H](C(=O)N4CCOCC4)C3)CC2)cn1. The van der Waals surface area contributed by atoms with Crippen LogP contribution in [0.5, 0.6) is 0 Å². The number of piperidine rings is 2. The fraction of sp³-hybridized carbons (Fsp3) is 0.762. The highest BCUT2D eigenvalue weighted by atomic mass is 16.5. The maximum Gasteiger partial charge on any atom is 0.227 e. The number of hydrogen-bond acceptors (Lipinski definition) is 6. The van der Waals surface area contributed by atoms with Gasteiger partial charge in [-0.1, -0.05) is 0 Å². The molecule has 0 spiro atoms. The van der Waals surface area contributed by atoms with Gasteiger partial charge >= 0.3 is 0 Å². The number of rotatable bonds is 4. The Balaban J connectivity index is 1.25. The Hall–Kier alpha value is -1.57. The van der Waals surface area contributed by atoms with Crippen molar-refractivity contribution in [2.75, 3.05) is 52.5 Å². The van der Waals surface area contributed by atoms with Crippen molar-refractivity contribution in [2.24, 2.45) is 5.92 Å². The molecule has 3 aliphatic rings. The van der Waals surface area contributed by atoms with Crippen LogP contribution in [-0.4, -0.2) is 89.1 Å². The number of amides is 1. The van der Waals surface area contributed by atoms with Gasteiger partial charge in [-0.2, -0.15) is 0 Å². The number of aryl methyl sites for hydroxylation is 1. The van der Waals surface area contributed by atoms with Gasteiger partial charge in [0.2, 0.25) is 5.91 Å². The molecule has 154 valence electrons. The predicted octanol–water partition coefficient (Wildman–Crippen LogP) is 1.32. The van der Waals surface area contributed by atoms with Gasteiger partial charge in [0.1, 0.15) is 5.82 Å². The second-order valence-corrected chi connectivity index (χ2v) is 8.42. The minimum Gasteiger partial charge on any atom is -0.378 e. The third-order valence-corrected chi connectivity index (χ3v) is 6.44. The molecule has 1 aromatic heterocycles. The van der Waals surface area contributed by atoms with Gasteiger partial charge in [0.05, 0.1) is 19.1 Å². The van der Waals surface area contributed by atoms with Crippen LogP contribution in [0, 0.1) is 12.8 Å². The van der Waals surface area contributed by atoms with Gasteiger partial charge in [0, 0.05) is 50.2 Å². The van der Waals surface area contributed by atoms with Crippen LogP contribution in [-0.2, 0) is 16.1 Å². The van der Waals surface area contributed by atoms with Gasteiger partial charge in [0.15, 0.2) is 0 Å². The lowest BCUT2D eigenvalue weighted by molar-refractivity contribution is -0.142. The number of nitrogens with zero attached hydrogens (tertiary/aromatic N) is 5. The second-order valence-electron chi connectivity index (χ2n) is 8.42. The largest absolute Gasteiger partial charge is 0.378 e. The minimum absolute atomic E-state index is 0.176. The topological polar surface area (TPSA) is 61.8 Å². The molecule has 0 N–H and O–H groups in total. The van der Waals surface area contributed by atoms with Gasteiger partial charge in [-0.3, -0.25) is 14.6 Å². The molecule has 0 aromatic carbocycles. The van der Waals surface area contributed by atoms with E-state index in [1.807, 2.05) is 24.2 Å². The summed E-state index contributed by atoms with van der Waals surface area (Å²) in [6.07, 6.45) is 8.44. The highest BCUT2D eigenvalue weighted by Crippen LogP contribution is 2.26. The number of aromatic nitrogens is 2. The second kappa shape index (κ2) is 9.29. The van der Waals surface area contributed by atoms with E-state index in [2.05, 4.69) is 19.8 Å². The summed E-state index contributed by atoms with van der Waals surface area (Å²) >= 11 is 0. The van der Waals surface area contributed by atoms with E-state index in [9.17, 15) is 4.79 Å². The molecule has 0 saturated carbocycles. The van der Waals surface area contributed by atoms with Crippen molar-refractivity contribution in [1.82, 2.24) is 24.7 Å². The lowest BCUT2D eigenvalue weighted by Crippen LogP contribution is -2.52. The molecular formula is C21H33N5O2. The summed E-state index contributed by atoms with van der Waals surface area (Å²) in [6, 6.07) is 0.616. The van der Waals surface area contributed by atoms with Crippen LogP contribution < -0.4 is 0 Å². The average molecular weight is 388 g/mol. The standard InChI is InChI=1S/C21H33N5O2/c1-17-22-13-18(14-23-17)15-24-7-4-20(5-8-24)26-6-2-3-19(16-26)21(27)25-9-11-28-12-10-25/h13-14,19-20H,2-12,15-16H2,1H3/t19-/m0/s1. The van der Waals surface area contributed by atoms with Crippen molar-refractivity contribution in [3.8, 4) is 0 Å². The van der Waals surface area contributed by atoms with Crippen LogP contribution >= 0.6 is 0 Å². The first-order valence-electron chi connectivity index (χ1n) is 10.8. The van der Waals surface area contributed by atoms with E-state index in [4.69, 9.17) is 4.74 Å². The molecule has 3 saturated heterocycles. The number of carbonyl (C=O) groups excluding carboxylic acids is 1. The molecule has 3 aliphatic heterocycles. The van der Waals surface area contributed by atoms with E-state index in [1.165, 1.54) is 18.4 Å². The normalized spacial score (nSPS) is 25.8. The van der Waals surface area contributed by atoms with E-state index in [0.717, 1.165) is 64.5 Å². The van der Waals surface area contributed by atoms with Crippen LogP contribution in [0.3, 0.4) is 0 Å². The third kappa shape index (κ3) is 4.88. The smallest absolute Gasteiger partial charge is 0.227 e. The number of morpholine rings is 1. The summed E-state index contributed by atoms with van der Waals surface area (Å²) in [5, 5.41) is 0. The number of ether oxygens (including phenoxy) is 1. The Morgan fingerprint density at radius 2 is 1.79 bits per heavy atom. The Morgan fingerprint density at radius 3 is 2.50 bits per heavy atom. The van der Waals surface area contributed by atoms with Crippen LogP contribution in [0.2, 0.25) is 0 Å². The van der Waals surface area contributed by atoms with E-state index in [-0.39, 0.29) is 5.92 Å². The average Bonchev–Trinajstić information content (AvgIpc) is 2.76. The van der Waals surface area contributed by atoms with Crippen molar-refractivity contribution in [1.29, 1.82) is 0 Å². The van der Waals surface area contributed by atoms with E-state index in [1.54, 1.807) is 0 Å². The van der Waals surface area contributed by atoms with Crippen molar-refractivity contribution in [2.45, 2.75) is 45.2 Å². The highest BCUT2D eigenvalue weighted by Gasteiger charge is 2.33. The molecule has 0 aliphatic carbocycles. The van der Waals surface area contributed by atoms with E-state index >= 15 is 0 Å². The zero-order valence-electron chi connectivity index (χ0n) is 17.1. The Kier molecular flexibility index (Phi) is 6.54. The van der Waals surface area contributed by atoms with Crippen LogP contribution in [0.1, 0.15) is 37.1 Å². The molecular weight excluding hydrogens is 354 g/mol. The van der Waals surface area contributed by atoms with Gasteiger partial charge < -0.3 is 9.64 Å². The summed E-state index contributed by atoms with van der Waals surface area (Å²) < 4.78 is 5.40. The summed E-state index contributed by atoms with van der Waals surface area (Å²) in [4.78, 5) is 28.6.